The number of hydrogen-bond acceptors (Lipinski definition) is 8. The summed E-state index contributed by atoms with van der Waals surface area (Å²) in [6.07, 6.45) is 0. The number of para-hydroxylation sites is 1. The number of carbonyl (C=O) groups excluding carboxylic acids is 2. The molecule has 1 N–H and O–H groups in total. The highest BCUT2D eigenvalue weighted by Gasteiger charge is 2.31. The van der Waals surface area contributed by atoms with E-state index in [2.05, 4.69) is 4.98 Å². The molecule has 0 aliphatic heterocycles. The predicted octanol–water partition coefficient (Wildman–Crippen LogP) is 2.60. The minimum absolute atomic E-state index is 0.0266. The van der Waals surface area contributed by atoms with E-state index in [0.29, 0.717) is 0 Å². The van der Waals surface area contributed by atoms with E-state index in [0.717, 1.165) is 0 Å². The standard InChI is InChI=1S/C19H20N2O7/c1-4-27-18(23)15-11(2)20-12(3)16(19(24)28-10-9-22)17(15)13-7-5-6-8-14(13)21(25)26/h5-8,22H,4,9-10H2,1-3H3. The molecule has 9 heteroatoms. The van der Waals surface area contributed by atoms with Gasteiger partial charge < -0.3 is 14.6 Å². The zero-order chi connectivity index (χ0) is 20.8. The Morgan fingerprint density at radius 2 is 1.68 bits per heavy atom. The molecule has 2 aromatic rings. The molecular weight excluding hydrogens is 368 g/mol. The molecule has 0 saturated carbocycles. The molecule has 0 spiro atoms. The zero-order valence-corrected chi connectivity index (χ0v) is 15.7. The summed E-state index contributed by atoms with van der Waals surface area (Å²) in [6.45, 7) is 4.13. The number of ether oxygens (including phenoxy) is 2. The number of benzene rings is 1. The molecule has 0 radical (unpaired) electrons. The number of pyridine rings is 1. The molecule has 9 nitrogen and oxygen atoms in total. The van der Waals surface area contributed by atoms with Gasteiger partial charge in [0, 0.05) is 11.6 Å². The van der Waals surface area contributed by atoms with Crippen LogP contribution in [0.2, 0.25) is 0 Å². The van der Waals surface area contributed by atoms with Crippen LogP contribution in [-0.4, -0.2) is 46.8 Å². The molecular formula is C19H20N2O7. The van der Waals surface area contributed by atoms with Crippen LogP contribution in [-0.2, 0) is 9.47 Å². The van der Waals surface area contributed by atoms with E-state index >= 15 is 0 Å². The number of nitro benzene ring substituents is 1. The van der Waals surface area contributed by atoms with Crippen LogP contribution in [0.5, 0.6) is 0 Å². The number of carbonyl (C=O) groups is 2. The fourth-order valence-electron chi connectivity index (χ4n) is 2.88. The second-order valence-electron chi connectivity index (χ2n) is 5.76. The van der Waals surface area contributed by atoms with Crippen LogP contribution in [0.3, 0.4) is 0 Å². The number of nitrogens with zero attached hydrogens (tertiary/aromatic N) is 2. The van der Waals surface area contributed by atoms with Crippen molar-refractivity contribution in [2.24, 2.45) is 0 Å². The van der Waals surface area contributed by atoms with Gasteiger partial charge in [-0.1, -0.05) is 12.1 Å². The van der Waals surface area contributed by atoms with Crippen molar-refractivity contribution in [3.63, 3.8) is 0 Å². The second-order valence-corrected chi connectivity index (χ2v) is 5.76. The summed E-state index contributed by atoms with van der Waals surface area (Å²) >= 11 is 0. The SMILES string of the molecule is CCOC(=O)c1c(C)nc(C)c(C(=O)OCCO)c1-c1ccccc1[N+](=O)[O-]. The van der Waals surface area contributed by atoms with Crippen LogP contribution in [0.4, 0.5) is 5.69 Å². The molecule has 1 heterocycles. The summed E-state index contributed by atoms with van der Waals surface area (Å²) in [5.74, 6) is -1.60. The first-order valence-corrected chi connectivity index (χ1v) is 8.53. The number of rotatable bonds is 7. The summed E-state index contributed by atoms with van der Waals surface area (Å²) in [7, 11) is 0. The van der Waals surface area contributed by atoms with E-state index in [1.54, 1.807) is 19.9 Å². The van der Waals surface area contributed by atoms with E-state index < -0.39 is 23.5 Å². The van der Waals surface area contributed by atoms with E-state index in [4.69, 9.17) is 14.6 Å². The number of aliphatic hydroxyl groups excluding tert-OH is 1. The summed E-state index contributed by atoms with van der Waals surface area (Å²) in [4.78, 5) is 40.4. The third kappa shape index (κ3) is 4.15. The number of esters is 2. The van der Waals surface area contributed by atoms with E-state index in [-0.39, 0.29) is 52.5 Å². The van der Waals surface area contributed by atoms with E-state index in [1.165, 1.54) is 25.1 Å². The van der Waals surface area contributed by atoms with Crippen LogP contribution >= 0.6 is 0 Å². The Labute approximate surface area is 161 Å². The highest BCUT2D eigenvalue weighted by Crippen LogP contribution is 2.37. The minimum Gasteiger partial charge on any atom is -0.462 e. The van der Waals surface area contributed by atoms with Gasteiger partial charge >= 0.3 is 11.9 Å². The van der Waals surface area contributed by atoms with Crippen molar-refractivity contribution in [3.8, 4) is 11.1 Å². The first kappa shape index (κ1) is 21.0. The predicted molar refractivity (Wildman–Crippen MR) is 99.1 cm³/mol. The van der Waals surface area contributed by atoms with Gasteiger partial charge in [-0.2, -0.15) is 0 Å². The summed E-state index contributed by atoms with van der Waals surface area (Å²) in [5.41, 5.74) is 0.187. The topological polar surface area (TPSA) is 129 Å². The Balaban J connectivity index is 2.91. The highest BCUT2D eigenvalue weighted by molar-refractivity contribution is 6.08. The Hall–Kier alpha value is -3.33. The van der Waals surface area contributed by atoms with Crippen molar-refractivity contribution in [3.05, 3.63) is 56.9 Å². The average Bonchev–Trinajstić information content (AvgIpc) is 2.65. The fourth-order valence-corrected chi connectivity index (χ4v) is 2.88. The molecule has 0 unspecified atom stereocenters. The van der Waals surface area contributed by atoms with Crippen LogP contribution in [0.1, 0.15) is 39.0 Å². The van der Waals surface area contributed by atoms with Gasteiger partial charge in [0.25, 0.3) is 5.69 Å². The maximum atomic E-state index is 12.6. The van der Waals surface area contributed by atoms with Crippen molar-refractivity contribution in [1.82, 2.24) is 4.98 Å². The Morgan fingerprint density at radius 3 is 2.21 bits per heavy atom. The average molecular weight is 388 g/mol. The molecule has 0 amide bonds. The van der Waals surface area contributed by atoms with E-state index in [1.807, 2.05) is 0 Å². The van der Waals surface area contributed by atoms with Crippen molar-refractivity contribution in [2.75, 3.05) is 19.8 Å². The summed E-state index contributed by atoms with van der Waals surface area (Å²) in [5, 5.41) is 20.5. The third-order valence-electron chi connectivity index (χ3n) is 3.94. The maximum Gasteiger partial charge on any atom is 0.340 e. The molecule has 1 aromatic heterocycles. The highest BCUT2D eigenvalue weighted by atomic mass is 16.6. The van der Waals surface area contributed by atoms with Crippen LogP contribution in [0, 0.1) is 24.0 Å². The van der Waals surface area contributed by atoms with Gasteiger partial charge in [0.15, 0.2) is 0 Å². The van der Waals surface area contributed by atoms with Crippen molar-refractivity contribution in [2.45, 2.75) is 20.8 Å². The third-order valence-corrected chi connectivity index (χ3v) is 3.94. The second kappa shape index (κ2) is 9.05. The lowest BCUT2D eigenvalue weighted by atomic mass is 9.91. The zero-order valence-electron chi connectivity index (χ0n) is 15.7. The van der Waals surface area contributed by atoms with Crippen LogP contribution in [0.25, 0.3) is 11.1 Å². The lowest BCUT2D eigenvalue weighted by molar-refractivity contribution is -0.384. The lowest BCUT2D eigenvalue weighted by Crippen LogP contribution is -2.18. The largest absolute Gasteiger partial charge is 0.462 e. The molecule has 1 aromatic carbocycles. The number of aliphatic hydroxyl groups is 1. The number of hydrogen-bond donors (Lipinski definition) is 1. The van der Waals surface area contributed by atoms with Gasteiger partial charge in [-0.15, -0.1) is 0 Å². The van der Waals surface area contributed by atoms with Gasteiger partial charge in [-0.05, 0) is 26.8 Å². The van der Waals surface area contributed by atoms with Gasteiger partial charge in [0.05, 0.1) is 46.2 Å². The number of aryl methyl sites for hydroxylation is 2. The fraction of sp³-hybridized carbons (Fsp3) is 0.316. The van der Waals surface area contributed by atoms with Crippen LogP contribution in [0.15, 0.2) is 24.3 Å². The molecule has 0 atom stereocenters. The lowest BCUT2D eigenvalue weighted by Gasteiger charge is -2.17. The first-order valence-electron chi connectivity index (χ1n) is 8.53. The molecule has 0 saturated heterocycles. The molecule has 28 heavy (non-hydrogen) atoms. The van der Waals surface area contributed by atoms with Crippen LogP contribution < -0.4 is 0 Å². The number of aromatic nitrogens is 1. The van der Waals surface area contributed by atoms with Gasteiger partial charge in [0.2, 0.25) is 0 Å². The molecule has 0 aliphatic carbocycles. The Bertz CT molecular complexity index is 925. The Kier molecular flexibility index (Phi) is 6.78. The Morgan fingerprint density at radius 1 is 1.11 bits per heavy atom. The van der Waals surface area contributed by atoms with Gasteiger partial charge in [0.1, 0.15) is 6.61 Å². The molecule has 0 bridgehead atoms. The van der Waals surface area contributed by atoms with Crippen molar-refractivity contribution < 1.29 is 29.1 Å². The number of nitro groups is 1. The van der Waals surface area contributed by atoms with Crippen molar-refractivity contribution in [1.29, 1.82) is 0 Å². The molecule has 2 rings (SSSR count). The summed E-state index contributed by atoms with van der Waals surface area (Å²) in [6, 6.07) is 5.76. The van der Waals surface area contributed by atoms with E-state index in [9.17, 15) is 19.7 Å². The monoisotopic (exact) mass is 388 g/mol. The maximum absolute atomic E-state index is 12.6. The van der Waals surface area contributed by atoms with Crippen molar-refractivity contribution >= 4 is 17.6 Å². The molecule has 0 aliphatic rings. The summed E-state index contributed by atoms with van der Waals surface area (Å²) < 4.78 is 10.1. The normalized spacial score (nSPS) is 10.4. The first-order chi connectivity index (χ1) is 13.3. The smallest absolute Gasteiger partial charge is 0.340 e. The van der Waals surface area contributed by atoms with Gasteiger partial charge in [-0.3, -0.25) is 15.1 Å². The van der Waals surface area contributed by atoms with Gasteiger partial charge in [-0.25, -0.2) is 9.59 Å². The molecule has 148 valence electrons. The molecule has 0 fully saturated rings. The minimum atomic E-state index is -0.849. The quantitative estimate of drug-likeness (QED) is 0.435.